The van der Waals surface area contributed by atoms with E-state index in [1.54, 1.807) is 19.9 Å². The van der Waals surface area contributed by atoms with E-state index in [1.807, 2.05) is 0 Å². The van der Waals surface area contributed by atoms with Crippen LogP contribution in [0.25, 0.3) is 0 Å². The van der Waals surface area contributed by atoms with Gasteiger partial charge in [0.2, 0.25) is 0 Å². The van der Waals surface area contributed by atoms with E-state index >= 15 is 0 Å². The summed E-state index contributed by atoms with van der Waals surface area (Å²) in [5, 5.41) is 9.48. The zero-order chi connectivity index (χ0) is 10.2. The molecule has 13 heavy (non-hydrogen) atoms. The number of hydrogen-bond acceptors (Lipinski definition) is 1. The first-order chi connectivity index (χ1) is 5.82. The van der Waals surface area contributed by atoms with Crippen LogP contribution in [0.4, 0.5) is 4.39 Å². The normalized spacial score (nSPS) is 15.5. The lowest BCUT2D eigenvalue weighted by Crippen LogP contribution is -2.24. The Labute approximate surface area is 79.0 Å². The summed E-state index contributed by atoms with van der Waals surface area (Å²) < 4.78 is 13.4. The van der Waals surface area contributed by atoms with Gasteiger partial charge in [0.25, 0.3) is 0 Å². The van der Waals surface area contributed by atoms with Gasteiger partial charge >= 0.3 is 0 Å². The minimum absolute atomic E-state index is 0.165. The third-order valence-electron chi connectivity index (χ3n) is 1.94. The zero-order valence-electron chi connectivity index (χ0n) is 8.06. The molecule has 0 fully saturated rings. The second-order valence-electron chi connectivity index (χ2n) is 3.59. The van der Waals surface area contributed by atoms with E-state index in [9.17, 15) is 9.50 Å². The minimum atomic E-state index is -1.61. The minimum Gasteiger partial charge on any atom is -0.395 e. The highest BCUT2D eigenvalue weighted by Crippen LogP contribution is 2.25. The van der Waals surface area contributed by atoms with Crippen LogP contribution < -0.4 is 0 Å². The smallest absolute Gasteiger partial charge is 0.128 e. The maximum atomic E-state index is 13.4. The van der Waals surface area contributed by atoms with Crippen LogP contribution in [-0.2, 0) is 5.50 Å². The third-order valence-corrected chi connectivity index (χ3v) is 1.94. The molecule has 0 bridgehead atoms. The molecule has 1 rings (SSSR count). The van der Waals surface area contributed by atoms with E-state index in [4.69, 9.17) is 7.85 Å². The molecule has 1 atom stereocenters. The van der Waals surface area contributed by atoms with Crippen molar-refractivity contribution >= 4 is 7.85 Å². The predicted octanol–water partition coefficient (Wildman–Crippen LogP) is 1.78. The topological polar surface area (TPSA) is 20.2 Å². The lowest BCUT2D eigenvalue weighted by atomic mass is 9.75. The van der Waals surface area contributed by atoms with Crippen molar-refractivity contribution in [2.75, 3.05) is 0 Å². The van der Waals surface area contributed by atoms with Gasteiger partial charge in [-0.25, -0.2) is 4.39 Å². The third kappa shape index (κ3) is 2.10. The monoisotopic (exact) mass is 178 g/mol. The Morgan fingerprint density at radius 3 is 2.31 bits per heavy atom. The summed E-state index contributed by atoms with van der Waals surface area (Å²) in [4.78, 5) is 0. The van der Waals surface area contributed by atoms with Crippen molar-refractivity contribution in [3.05, 3.63) is 34.6 Å². The Morgan fingerprint density at radius 1 is 1.38 bits per heavy atom. The molecule has 2 radical (unpaired) electrons. The van der Waals surface area contributed by atoms with Crippen LogP contribution in [0, 0.1) is 19.7 Å². The zero-order valence-corrected chi connectivity index (χ0v) is 8.06. The molecule has 1 unspecified atom stereocenters. The van der Waals surface area contributed by atoms with E-state index in [0.29, 0.717) is 5.56 Å². The van der Waals surface area contributed by atoms with Crippen molar-refractivity contribution in [2.24, 2.45) is 0 Å². The van der Waals surface area contributed by atoms with Crippen molar-refractivity contribution in [1.82, 2.24) is 0 Å². The molecule has 0 saturated carbocycles. The summed E-state index contributed by atoms with van der Waals surface area (Å²) in [5.41, 5.74) is 0.0492. The number of benzene rings is 1. The van der Waals surface area contributed by atoms with E-state index in [-0.39, 0.29) is 5.56 Å². The lowest BCUT2D eigenvalue weighted by molar-refractivity contribution is 0.144. The molecule has 1 aromatic carbocycles. The van der Waals surface area contributed by atoms with Crippen LogP contribution in [0.3, 0.4) is 0 Å². The maximum absolute atomic E-state index is 13.4. The second kappa shape index (κ2) is 3.15. The van der Waals surface area contributed by atoms with E-state index in [0.717, 1.165) is 5.56 Å². The summed E-state index contributed by atoms with van der Waals surface area (Å²) in [6.07, 6.45) is 0. The highest BCUT2D eigenvalue weighted by molar-refractivity contribution is 6.14. The Kier molecular flexibility index (Phi) is 2.48. The fraction of sp³-hybridized carbons (Fsp3) is 0.400. The van der Waals surface area contributed by atoms with Gasteiger partial charge in [0.05, 0.1) is 0 Å². The molecule has 0 heterocycles. The summed E-state index contributed by atoms with van der Waals surface area (Å²) in [6.45, 7) is 4.89. The number of hydrogen-bond donors (Lipinski definition) is 1. The fourth-order valence-electron chi connectivity index (χ4n) is 1.56. The molecule has 0 aliphatic heterocycles. The maximum Gasteiger partial charge on any atom is 0.128 e. The molecule has 68 valence electrons. The first-order valence-corrected chi connectivity index (χ1v) is 4.11. The Balaban J connectivity index is 3.38. The van der Waals surface area contributed by atoms with Gasteiger partial charge in [0.15, 0.2) is 0 Å². The van der Waals surface area contributed by atoms with Gasteiger partial charge in [0.1, 0.15) is 13.7 Å². The fourth-order valence-corrected chi connectivity index (χ4v) is 1.56. The number of aliphatic hydroxyl groups is 1. The van der Waals surface area contributed by atoms with Gasteiger partial charge in [-0.2, -0.15) is 0 Å². The molecule has 0 spiro atoms. The van der Waals surface area contributed by atoms with Crippen LogP contribution in [0.2, 0.25) is 0 Å². The highest BCUT2D eigenvalue weighted by Gasteiger charge is 2.22. The summed E-state index contributed by atoms with van der Waals surface area (Å²) in [5.74, 6) is -0.454. The molecule has 3 heteroatoms. The molecular weight excluding hydrogens is 166 g/mol. The molecule has 0 aliphatic rings. The van der Waals surface area contributed by atoms with E-state index < -0.39 is 11.3 Å². The van der Waals surface area contributed by atoms with Gasteiger partial charge in [-0.1, -0.05) is 6.07 Å². The Hall–Kier alpha value is -0.825. The average Bonchev–Trinajstić information content (AvgIpc) is 1.78. The van der Waals surface area contributed by atoms with Crippen molar-refractivity contribution in [3.8, 4) is 0 Å². The van der Waals surface area contributed by atoms with E-state index in [2.05, 4.69) is 0 Å². The molecular formula is C10H12BFO. The summed E-state index contributed by atoms with van der Waals surface area (Å²) in [6, 6.07) is 3.16. The Bertz CT molecular complexity index is 305. The first-order valence-electron chi connectivity index (χ1n) is 4.11. The van der Waals surface area contributed by atoms with Crippen LogP contribution in [-0.4, -0.2) is 13.0 Å². The quantitative estimate of drug-likeness (QED) is 0.649. The van der Waals surface area contributed by atoms with Crippen molar-refractivity contribution in [2.45, 2.75) is 26.3 Å². The van der Waals surface area contributed by atoms with Crippen molar-refractivity contribution in [3.63, 3.8) is 0 Å². The average molecular weight is 178 g/mol. The molecule has 0 aromatic heterocycles. The largest absolute Gasteiger partial charge is 0.395 e. The standard InChI is InChI=1S/C10H12BFO/c1-6-4-7(2)9(8(12)5-6)10(3,11)13/h4-5,13H,1-3H3. The van der Waals surface area contributed by atoms with Gasteiger partial charge in [-0.3, -0.25) is 0 Å². The number of rotatable bonds is 1. The molecule has 0 saturated heterocycles. The second-order valence-corrected chi connectivity index (χ2v) is 3.59. The van der Waals surface area contributed by atoms with Crippen LogP contribution in [0.15, 0.2) is 12.1 Å². The number of aryl methyl sites for hydroxylation is 2. The van der Waals surface area contributed by atoms with Crippen LogP contribution in [0.5, 0.6) is 0 Å². The van der Waals surface area contributed by atoms with Crippen molar-refractivity contribution in [1.29, 1.82) is 0 Å². The van der Waals surface area contributed by atoms with E-state index in [1.165, 1.54) is 13.0 Å². The van der Waals surface area contributed by atoms with Crippen LogP contribution in [0.1, 0.15) is 23.6 Å². The SMILES string of the molecule is [B]C(C)(O)c1c(C)cc(C)cc1F. The van der Waals surface area contributed by atoms with Gasteiger partial charge in [0, 0.05) is 11.1 Å². The molecule has 0 amide bonds. The predicted molar refractivity (Wildman–Crippen MR) is 51.2 cm³/mol. The summed E-state index contributed by atoms with van der Waals surface area (Å²) >= 11 is 0. The van der Waals surface area contributed by atoms with Gasteiger partial charge < -0.3 is 5.11 Å². The van der Waals surface area contributed by atoms with Gasteiger partial charge in [-0.05, 0) is 38.0 Å². The first kappa shape index (κ1) is 10.3. The molecule has 1 N–H and O–H groups in total. The molecule has 1 aromatic rings. The van der Waals surface area contributed by atoms with Gasteiger partial charge in [-0.15, -0.1) is 0 Å². The Morgan fingerprint density at radius 2 is 1.92 bits per heavy atom. The lowest BCUT2D eigenvalue weighted by Gasteiger charge is -2.22. The number of halogens is 1. The highest BCUT2D eigenvalue weighted by atomic mass is 19.1. The molecule has 0 aliphatic carbocycles. The molecule has 1 nitrogen and oxygen atoms in total. The summed E-state index contributed by atoms with van der Waals surface area (Å²) in [7, 11) is 5.42. The van der Waals surface area contributed by atoms with Crippen LogP contribution >= 0.6 is 0 Å². The van der Waals surface area contributed by atoms with Crippen molar-refractivity contribution < 1.29 is 9.50 Å².